The number of hydrogen-bond acceptors (Lipinski definition) is 10. The Hall–Kier alpha value is -5.26. The third-order valence-corrected chi connectivity index (χ3v) is 7.13. The van der Waals surface area contributed by atoms with Crippen LogP contribution < -0.4 is 16.2 Å². The number of aromatic hydroxyl groups is 1. The number of nitrogens with two attached hydrogens (primary N) is 2. The average molecular weight is 581 g/mol. The van der Waals surface area contributed by atoms with Crippen molar-refractivity contribution in [3.05, 3.63) is 112 Å². The first-order chi connectivity index (χ1) is 20.8. The van der Waals surface area contributed by atoms with Crippen molar-refractivity contribution < 1.29 is 24.1 Å². The molecule has 3 aromatic carbocycles. The van der Waals surface area contributed by atoms with E-state index in [2.05, 4.69) is 15.1 Å². The van der Waals surface area contributed by atoms with E-state index < -0.39 is 12.3 Å². The van der Waals surface area contributed by atoms with Gasteiger partial charge in [-0.2, -0.15) is 10.1 Å². The van der Waals surface area contributed by atoms with Crippen LogP contribution in [0.2, 0.25) is 0 Å². The zero-order chi connectivity index (χ0) is 30.5. The number of aromatic nitrogens is 2. The second-order valence-corrected chi connectivity index (χ2v) is 9.80. The fourth-order valence-electron chi connectivity index (χ4n) is 5.09. The van der Waals surface area contributed by atoms with Gasteiger partial charge < -0.3 is 30.8 Å². The van der Waals surface area contributed by atoms with Gasteiger partial charge in [0.1, 0.15) is 23.4 Å². The van der Waals surface area contributed by atoms with Gasteiger partial charge in [0.05, 0.1) is 18.9 Å². The highest BCUT2D eigenvalue weighted by molar-refractivity contribution is 5.95. The number of benzene rings is 3. The Morgan fingerprint density at radius 3 is 2.51 bits per heavy atom. The van der Waals surface area contributed by atoms with Crippen LogP contribution >= 0.6 is 0 Å². The molecule has 1 aliphatic rings. The Labute approximate surface area is 249 Å². The largest absolute Gasteiger partial charge is 0.508 e. The molecule has 0 fully saturated rings. The molecule has 0 saturated carbocycles. The van der Waals surface area contributed by atoms with Crippen LogP contribution in [0.5, 0.6) is 11.5 Å². The third-order valence-electron chi connectivity index (χ3n) is 7.13. The number of phenolic OH excluding ortho intramolecular Hbond substituents is 1. The molecule has 0 aliphatic carbocycles. The Balaban J connectivity index is 1.54. The number of nitrogens with zero attached hydrogens (tertiary/aromatic N) is 4. The molecule has 5 N–H and O–H groups in total. The maximum atomic E-state index is 13.8. The van der Waals surface area contributed by atoms with Crippen LogP contribution in [0, 0.1) is 0 Å². The zero-order valence-corrected chi connectivity index (χ0v) is 24.0. The van der Waals surface area contributed by atoms with E-state index in [4.69, 9.17) is 25.7 Å². The average Bonchev–Trinajstić information content (AvgIpc) is 3.02. The van der Waals surface area contributed by atoms with Gasteiger partial charge in [-0.15, -0.1) is 0 Å². The van der Waals surface area contributed by atoms with Crippen LogP contribution in [0.1, 0.15) is 51.3 Å². The van der Waals surface area contributed by atoms with Gasteiger partial charge in [0, 0.05) is 44.0 Å². The highest BCUT2D eigenvalue weighted by Gasteiger charge is 2.30. The molecule has 11 heteroatoms. The summed E-state index contributed by atoms with van der Waals surface area (Å²) in [5.41, 5.74) is 17.1. The van der Waals surface area contributed by atoms with Crippen molar-refractivity contribution in [2.45, 2.75) is 18.8 Å². The lowest BCUT2D eigenvalue weighted by molar-refractivity contribution is -0.127. The van der Waals surface area contributed by atoms with Gasteiger partial charge in [0.2, 0.25) is 5.95 Å². The lowest BCUT2D eigenvalue weighted by Crippen LogP contribution is -2.33. The van der Waals surface area contributed by atoms with Crippen LogP contribution in [0.25, 0.3) is 6.08 Å². The van der Waals surface area contributed by atoms with E-state index in [0.717, 1.165) is 22.3 Å². The molecule has 1 aromatic heterocycles. The van der Waals surface area contributed by atoms with Gasteiger partial charge in [-0.25, -0.2) is 9.99 Å². The Kier molecular flexibility index (Phi) is 8.65. The molecule has 5 rings (SSSR count). The molecule has 0 saturated heterocycles. The van der Waals surface area contributed by atoms with Crippen molar-refractivity contribution >= 4 is 30.0 Å². The SMILES string of the molecule is COc1cc(Cc2cnc(N)nc2N)cc(/C=C/C(=O)N2N=Cc3ccccc3C2c2ccc(O)cc2)c1C(OC)OC. The van der Waals surface area contributed by atoms with Crippen molar-refractivity contribution in [1.82, 2.24) is 15.0 Å². The number of hydrogen-bond donors (Lipinski definition) is 3. The standard InChI is InChI=1S/C32H32N6O5/c1-41-26-16-19(15-23-17-35-32(34)37-30(23)33)14-21(28(26)31(42-2)43-3)10-13-27(40)38-29(20-8-11-24(39)12-9-20)25-7-5-4-6-22(25)18-36-38/h4-14,16-18,29,31,39H,15H2,1-3H3,(H4,33,34,35,37)/b13-10+. The van der Waals surface area contributed by atoms with E-state index in [1.54, 1.807) is 49.9 Å². The number of hydrazone groups is 1. The molecule has 1 atom stereocenters. The van der Waals surface area contributed by atoms with Crippen LogP contribution in [0.3, 0.4) is 0 Å². The summed E-state index contributed by atoms with van der Waals surface area (Å²) in [6, 6.07) is 17.7. The Morgan fingerprint density at radius 2 is 1.81 bits per heavy atom. The molecule has 220 valence electrons. The fourth-order valence-corrected chi connectivity index (χ4v) is 5.09. The summed E-state index contributed by atoms with van der Waals surface area (Å²) in [7, 11) is 4.59. The van der Waals surface area contributed by atoms with Gasteiger partial charge in [-0.3, -0.25) is 4.79 Å². The zero-order valence-electron chi connectivity index (χ0n) is 24.0. The highest BCUT2D eigenvalue weighted by atomic mass is 16.7. The number of phenols is 1. The molecule has 2 heterocycles. The summed E-state index contributed by atoms with van der Waals surface area (Å²) < 4.78 is 16.9. The van der Waals surface area contributed by atoms with Gasteiger partial charge in [-0.1, -0.05) is 42.5 Å². The van der Waals surface area contributed by atoms with Crippen LogP contribution in [-0.2, 0) is 20.7 Å². The molecule has 1 unspecified atom stereocenters. The lowest BCUT2D eigenvalue weighted by atomic mass is 9.93. The van der Waals surface area contributed by atoms with Crippen molar-refractivity contribution in [3.8, 4) is 11.5 Å². The number of anilines is 2. The first kappa shape index (κ1) is 29.2. The van der Waals surface area contributed by atoms with E-state index in [1.165, 1.54) is 25.3 Å². The van der Waals surface area contributed by atoms with Crippen LogP contribution in [0.4, 0.5) is 11.8 Å². The van der Waals surface area contributed by atoms with Gasteiger partial charge >= 0.3 is 0 Å². The lowest BCUT2D eigenvalue weighted by Gasteiger charge is -2.31. The number of carbonyl (C=O) groups excluding carboxylic acids is 1. The Bertz CT molecular complexity index is 1680. The topological polar surface area (TPSA) is 158 Å². The molecular formula is C32H32N6O5. The van der Waals surface area contributed by atoms with E-state index in [9.17, 15) is 9.90 Å². The number of amides is 1. The molecule has 43 heavy (non-hydrogen) atoms. The highest BCUT2D eigenvalue weighted by Crippen LogP contribution is 2.37. The van der Waals surface area contributed by atoms with E-state index in [0.29, 0.717) is 28.9 Å². The molecule has 4 aromatic rings. The van der Waals surface area contributed by atoms with Crippen molar-refractivity contribution in [2.75, 3.05) is 32.8 Å². The molecule has 1 aliphatic heterocycles. The molecule has 0 spiro atoms. The Morgan fingerprint density at radius 1 is 1.07 bits per heavy atom. The predicted octanol–water partition coefficient (Wildman–Crippen LogP) is 4.22. The quantitative estimate of drug-likeness (QED) is 0.195. The molecule has 1 amide bonds. The smallest absolute Gasteiger partial charge is 0.267 e. The van der Waals surface area contributed by atoms with Crippen LogP contribution in [0.15, 0.2) is 78.0 Å². The van der Waals surface area contributed by atoms with Crippen molar-refractivity contribution in [2.24, 2.45) is 5.10 Å². The van der Waals surface area contributed by atoms with Crippen LogP contribution in [-0.4, -0.2) is 53.5 Å². The molecule has 11 nitrogen and oxygen atoms in total. The fraction of sp³-hybridized carbons (Fsp3) is 0.188. The summed E-state index contributed by atoms with van der Waals surface area (Å²) in [6.45, 7) is 0. The summed E-state index contributed by atoms with van der Waals surface area (Å²) >= 11 is 0. The molecule has 0 bridgehead atoms. The second-order valence-electron chi connectivity index (χ2n) is 9.80. The number of carbonyl (C=O) groups is 1. The van der Waals surface area contributed by atoms with Gasteiger partial charge in [0.25, 0.3) is 5.91 Å². The van der Waals surface area contributed by atoms with Gasteiger partial charge in [-0.05, 0) is 46.5 Å². The first-order valence-corrected chi connectivity index (χ1v) is 13.4. The summed E-state index contributed by atoms with van der Waals surface area (Å²) in [4.78, 5) is 21.9. The minimum Gasteiger partial charge on any atom is -0.508 e. The molecular weight excluding hydrogens is 548 g/mol. The summed E-state index contributed by atoms with van der Waals surface area (Å²) in [5.74, 6) is 0.640. The van der Waals surface area contributed by atoms with E-state index >= 15 is 0 Å². The van der Waals surface area contributed by atoms with Gasteiger partial charge in [0.15, 0.2) is 6.29 Å². The monoisotopic (exact) mass is 580 g/mol. The second kappa shape index (κ2) is 12.7. The maximum absolute atomic E-state index is 13.8. The number of rotatable bonds is 9. The first-order valence-electron chi connectivity index (χ1n) is 13.4. The van der Waals surface area contributed by atoms with Crippen molar-refractivity contribution in [1.29, 1.82) is 0 Å². The minimum absolute atomic E-state index is 0.0907. The number of fused-ring (bicyclic) bond motifs is 1. The predicted molar refractivity (Wildman–Crippen MR) is 163 cm³/mol. The number of ether oxygens (including phenoxy) is 3. The minimum atomic E-state index is -0.770. The maximum Gasteiger partial charge on any atom is 0.267 e. The van der Waals surface area contributed by atoms with E-state index in [-0.39, 0.29) is 23.4 Å². The summed E-state index contributed by atoms with van der Waals surface area (Å²) in [5, 5.41) is 15.8. The van der Waals surface area contributed by atoms with E-state index in [1.807, 2.05) is 36.4 Å². The van der Waals surface area contributed by atoms with Crippen molar-refractivity contribution in [3.63, 3.8) is 0 Å². The summed E-state index contributed by atoms with van der Waals surface area (Å²) in [6.07, 6.45) is 6.00. The number of methoxy groups -OCH3 is 3. The molecule has 0 radical (unpaired) electrons. The third kappa shape index (κ3) is 6.17. The number of nitrogen functional groups attached to an aromatic ring is 2. The normalized spacial score (nSPS) is 14.3.